The molecule has 1 heterocycles. The molecule has 0 aromatic carbocycles. The lowest BCUT2D eigenvalue weighted by molar-refractivity contribution is -0.132. The maximum Gasteiger partial charge on any atom is 0.241 e. The summed E-state index contributed by atoms with van der Waals surface area (Å²) in [5, 5.41) is 3.22. The summed E-state index contributed by atoms with van der Waals surface area (Å²) in [6, 6.07) is 0.137. The first-order valence-electron chi connectivity index (χ1n) is 5.10. The van der Waals surface area contributed by atoms with Crippen LogP contribution < -0.4 is 5.32 Å². The van der Waals surface area contributed by atoms with E-state index in [1.807, 2.05) is 11.8 Å². The molecule has 4 nitrogen and oxygen atoms in total. The van der Waals surface area contributed by atoms with Crippen molar-refractivity contribution in [1.82, 2.24) is 10.2 Å². The molecule has 0 radical (unpaired) electrons. The van der Waals surface area contributed by atoms with Crippen molar-refractivity contribution >= 4 is 5.91 Å². The smallest absolute Gasteiger partial charge is 0.241 e. The Balaban J connectivity index is 2.55. The van der Waals surface area contributed by atoms with Gasteiger partial charge >= 0.3 is 0 Å². The first kappa shape index (κ1) is 11.5. The highest BCUT2D eigenvalue weighted by Gasteiger charge is 2.35. The van der Waals surface area contributed by atoms with Gasteiger partial charge in [-0.3, -0.25) is 10.1 Å². The number of amides is 1. The lowest BCUT2D eigenvalue weighted by Crippen LogP contribution is -2.40. The number of carbonyl (C=O) groups is 1. The van der Waals surface area contributed by atoms with Crippen LogP contribution in [0, 0.1) is 5.92 Å². The first-order chi connectivity index (χ1) is 6.57. The largest absolute Gasteiger partial charge is 0.383 e. The number of nitrogens with one attached hydrogen (secondary N) is 1. The molecule has 0 aliphatic carbocycles. The first-order valence-corrected chi connectivity index (χ1v) is 5.10. The van der Waals surface area contributed by atoms with Gasteiger partial charge in [0.25, 0.3) is 0 Å². The Labute approximate surface area is 85.6 Å². The van der Waals surface area contributed by atoms with Crippen LogP contribution >= 0.6 is 0 Å². The molecule has 0 bridgehead atoms. The van der Waals surface area contributed by atoms with Crippen molar-refractivity contribution in [2.24, 2.45) is 5.92 Å². The van der Waals surface area contributed by atoms with E-state index >= 15 is 0 Å². The standard InChI is InChI=1S/C10H20N2O2/c1-7(2)9-10(13)12(6-11-9)8(3)5-14-4/h7-9,11H,5-6H2,1-4H3. The third-order valence-corrected chi connectivity index (χ3v) is 2.64. The van der Waals surface area contributed by atoms with Gasteiger partial charge in [0.15, 0.2) is 0 Å². The molecule has 82 valence electrons. The topological polar surface area (TPSA) is 41.6 Å². The van der Waals surface area contributed by atoms with Gasteiger partial charge in [-0.15, -0.1) is 0 Å². The molecule has 0 aromatic rings. The van der Waals surface area contributed by atoms with Crippen LogP contribution in [0.4, 0.5) is 0 Å². The zero-order valence-corrected chi connectivity index (χ0v) is 9.41. The van der Waals surface area contributed by atoms with Gasteiger partial charge in [0.1, 0.15) is 0 Å². The Morgan fingerprint density at radius 1 is 1.57 bits per heavy atom. The third-order valence-electron chi connectivity index (χ3n) is 2.64. The summed E-state index contributed by atoms with van der Waals surface area (Å²) >= 11 is 0. The quantitative estimate of drug-likeness (QED) is 0.716. The van der Waals surface area contributed by atoms with Crippen molar-refractivity contribution in [2.45, 2.75) is 32.9 Å². The monoisotopic (exact) mass is 200 g/mol. The normalized spacial score (nSPS) is 24.8. The SMILES string of the molecule is COCC(C)N1CNC(C(C)C)C1=O. The lowest BCUT2D eigenvalue weighted by atomic mass is 10.0. The Morgan fingerprint density at radius 2 is 2.21 bits per heavy atom. The molecule has 1 amide bonds. The summed E-state index contributed by atoms with van der Waals surface area (Å²) < 4.78 is 5.04. The van der Waals surface area contributed by atoms with Crippen LogP contribution in [0.25, 0.3) is 0 Å². The van der Waals surface area contributed by atoms with E-state index in [2.05, 4.69) is 19.2 Å². The third kappa shape index (κ3) is 2.25. The number of ether oxygens (including phenoxy) is 1. The molecule has 4 heteroatoms. The minimum Gasteiger partial charge on any atom is -0.383 e. The summed E-state index contributed by atoms with van der Waals surface area (Å²) in [5.41, 5.74) is 0. The number of hydrogen-bond acceptors (Lipinski definition) is 3. The Bertz CT molecular complexity index is 206. The predicted octanol–water partition coefficient (Wildman–Crippen LogP) is 0.435. The van der Waals surface area contributed by atoms with E-state index in [0.29, 0.717) is 19.2 Å². The second-order valence-electron chi connectivity index (χ2n) is 4.20. The van der Waals surface area contributed by atoms with Gasteiger partial charge in [0.05, 0.1) is 25.4 Å². The van der Waals surface area contributed by atoms with Crippen LogP contribution in [0.5, 0.6) is 0 Å². The molecule has 2 atom stereocenters. The number of hydrogen-bond donors (Lipinski definition) is 1. The maximum absolute atomic E-state index is 11.9. The second-order valence-corrected chi connectivity index (χ2v) is 4.20. The van der Waals surface area contributed by atoms with Crippen molar-refractivity contribution in [1.29, 1.82) is 0 Å². The van der Waals surface area contributed by atoms with Crippen LogP contribution in [0.15, 0.2) is 0 Å². The fourth-order valence-electron chi connectivity index (χ4n) is 1.77. The Kier molecular flexibility index (Phi) is 3.89. The van der Waals surface area contributed by atoms with Crippen LogP contribution in [0.2, 0.25) is 0 Å². The highest BCUT2D eigenvalue weighted by Crippen LogP contribution is 2.14. The van der Waals surface area contributed by atoms with E-state index in [1.165, 1.54) is 0 Å². The van der Waals surface area contributed by atoms with Crippen LogP contribution in [0.3, 0.4) is 0 Å². The van der Waals surface area contributed by atoms with Crippen molar-refractivity contribution in [3.8, 4) is 0 Å². The Hall–Kier alpha value is -0.610. The summed E-state index contributed by atoms with van der Waals surface area (Å²) in [5.74, 6) is 0.548. The summed E-state index contributed by atoms with van der Waals surface area (Å²) in [7, 11) is 1.66. The molecule has 0 spiro atoms. The fourth-order valence-corrected chi connectivity index (χ4v) is 1.77. The van der Waals surface area contributed by atoms with Crippen molar-refractivity contribution in [3.05, 3.63) is 0 Å². The van der Waals surface area contributed by atoms with Gasteiger partial charge in [0, 0.05) is 7.11 Å². The van der Waals surface area contributed by atoms with Crippen molar-refractivity contribution < 1.29 is 9.53 Å². The molecule has 1 rings (SSSR count). The molecule has 0 saturated carbocycles. The van der Waals surface area contributed by atoms with E-state index in [0.717, 1.165) is 0 Å². The number of methoxy groups -OCH3 is 1. The van der Waals surface area contributed by atoms with E-state index < -0.39 is 0 Å². The molecule has 1 fully saturated rings. The van der Waals surface area contributed by atoms with E-state index in [1.54, 1.807) is 7.11 Å². The minimum absolute atomic E-state index is 0.0192. The summed E-state index contributed by atoms with van der Waals surface area (Å²) in [4.78, 5) is 13.7. The van der Waals surface area contributed by atoms with Gasteiger partial charge in [-0.05, 0) is 12.8 Å². The van der Waals surface area contributed by atoms with Gasteiger partial charge in [-0.25, -0.2) is 0 Å². The van der Waals surface area contributed by atoms with Crippen LogP contribution in [-0.4, -0.2) is 43.3 Å². The molecule has 1 aliphatic rings. The van der Waals surface area contributed by atoms with Crippen molar-refractivity contribution in [2.75, 3.05) is 20.4 Å². The number of nitrogens with zero attached hydrogens (tertiary/aromatic N) is 1. The van der Waals surface area contributed by atoms with Gasteiger partial charge in [0.2, 0.25) is 5.91 Å². The lowest BCUT2D eigenvalue weighted by Gasteiger charge is -2.23. The van der Waals surface area contributed by atoms with Crippen molar-refractivity contribution in [3.63, 3.8) is 0 Å². The average Bonchev–Trinajstić information content (AvgIpc) is 2.47. The minimum atomic E-state index is -0.0192. The van der Waals surface area contributed by atoms with E-state index in [9.17, 15) is 4.79 Å². The molecular formula is C10H20N2O2. The number of carbonyl (C=O) groups excluding carboxylic acids is 1. The second kappa shape index (κ2) is 4.75. The van der Waals surface area contributed by atoms with Gasteiger partial charge < -0.3 is 9.64 Å². The van der Waals surface area contributed by atoms with E-state index in [-0.39, 0.29) is 18.0 Å². The highest BCUT2D eigenvalue weighted by atomic mass is 16.5. The maximum atomic E-state index is 11.9. The summed E-state index contributed by atoms with van der Waals surface area (Å²) in [6.07, 6.45) is 0. The zero-order valence-electron chi connectivity index (χ0n) is 9.41. The fraction of sp³-hybridized carbons (Fsp3) is 0.900. The van der Waals surface area contributed by atoms with Gasteiger partial charge in [-0.2, -0.15) is 0 Å². The number of rotatable bonds is 4. The molecule has 1 aliphatic heterocycles. The van der Waals surface area contributed by atoms with Gasteiger partial charge in [-0.1, -0.05) is 13.8 Å². The molecule has 1 saturated heterocycles. The summed E-state index contributed by atoms with van der Waals surface area (Å²) in [6.45, 7) is 7.36. The molecule has 2 unspecified atom stereocenters. The van der Waals surface area contributed by atoms with Crippen LogP contribution in [0.1, 0.15) is 20.8 Å². The zero-order chi connectivity index (χ0) is 10.7. The molecular weight excluding hydrogens is 180 g/mol. The average molecular weight is 200 g/mol. The molecule has 0 aromatic heterocycles. The highest BCUT2D eigenvalue weighted by molar-refractivity contribution is 5.84. The van der Waals surface area contributed by atoms with E-state index in [4.69, 9.17) is 4.74 Å². The predicted molar refractivity (Wildman–Crippen MR) is 54.8 cm³/mol. The molecule has 1 N–H and O–H groups in total. The Morgan fingerprint density at radius 3 is 2.64 bits per heavy atom. The molecule has 14 heavy (non-hydrogen) atoms. The van der Waals surface area contributed by atoms with Crippen LogP contribution in [-0.2, 0) is 9.53 Å².